The Morgan fingerprint density at radius 1 is 1.40 bits per heavy atom. The Labute approximate surface area is 123 Å². The number of sulfonamides is 1. The maximum atomic E-state index is 12.1. The van der Waals surface area contributed by atoms with Crippen LogP contribution in [-0.2, 0) is 10.0 Å². The van der Waals surface area contributed by atoms with Crippen LogP contribution in [0.15, 0.2) is 15.7 Å². The molecular weight excluding hydrogens is 296 g/mol. The number of hydrogen-bond acceptors (Lipinski definition) is 4. The minimum Gasteiger partial charge on any atom is -0.349 e. The maximum absolute atomic E-state index is 12.1. The van der Waals surface area contributed by atoms with Crippen LogP contribution >= 0.6 is 11.3 Å². The van der Waals surface area contributed by atoms with Gasteiger partial charge in [-0.05, 0) is 37.2 Å². The third-order valence-corrected chi connectivity index (χ3v) is 6.18. The molecule has 1 fully saturated rings. The highest BCUT2D eigenvalue weighted by Gasteiger charge is 2.28. The van der Waals surface area contributed by atoms with Gasteiger partial charge in [0.1, 0.15) is 4.21 Å². The van der Waals surface area contributed by atoms with Crippen LogP contribution in [-0.4, -0.2) is 20.4 Å². The van der Waals surface area contributed by atoms with Gasteiger partial charge in [0.25, 0.3) is 5.91 Å². The molecule has 1 aromatic rings. The Hall–Kier alpha value is -0.920. The van der Waals surface area contributed by atoms with Crippen molar-refractivity contribution in [2.75, 3.05) is 0 Å². The first-order valence-electron chi connectivity index (χ1n) is 6.60. The predicted octanol–water partition coefficient (Wildman–Crippen LogP) is 2.09. The molecule has 112 valence electrons. The Kier molecular flexibility index (Phi) is 4.22. The lowest BCUT2D eigenvalue weighted by Crippen LogP contribution is -2.39. The predicted molar refractivity (Wildman–Crippen MR) is 79.2 cm³/mol. The molecule has 5 nitrogen and oxygen atoms in total. The quantitative estimate of drug-likeness (QED) is 0.895. The average molecular weight is 316 g/mol. The molecule has 3 N–H and O–H groups in total. The van der Waals surface area contributed by atoms with Gasteiger partial charge in [0.15, 0.2) is 0 Å². The fourth-order valence-corrected chi connectivity index (χ4v) is 3.98. The highest BCUT2D eigenvalue weighted by Crippen LogP contribution is 2.35. The first-order valence-corrected chi connectivity index (χ1v) is 9.02. The average Bonchev–Trinajstić information content (AvgIpc) is 2.81. The van der Waals surface area contributed by atoms with E-state index in [2.05, 4.69) is 19.2 Å². The van der Waals surface area contributed by atoms with E-state index < -0.39 is 10.0 Å². The summed E-state index contributed by atoms with van der Waals surface area (Å²) in [5, 5.41) is 9.53. The Morgan fingerprint density at radius 2 is 2.00 bits per heavy atom. The largest absolute Gasteiger partial charge is 0.349 e. The van der Waals surface area contributed by atoms with Crippen molar-refractivity contribution < 1.29 is 13.2 Å². The van der Waals surface area contributed by atoms with Crippen LogP contribution in [0.25, 0.3) is 0 Å². The zero-order chi connectivity index (χ0) is 15.0. The fourth-order valence-electron chi connectivity index (χ4n) is 2.40. The zero-order valence-electron chi connectivity index (χ0n) is 11.7. The number of primary sulfonamides is 1. The van der Waals surface area contributed by atoms with E-state index in [0.717, 1.165) is 37.0 Å². The molecule has 1 aliphatic rings. The number of rotatable bonds is 3. The molecule has 0 spiro atoms. The number of nitrogens with two attached hydrogens (primary N) is 1. The van der Waals surface area contributed by atoms with E-state index >= 15 is 0 Å². The molecule has 1 aliphatic carbocycles. The van der Waals surface area contributed by atoms with Gasteiger partial charge in [-0.1, -0.05) is 13.8 Å². The summed E-state index contributed by atoms with van der Waals surface area (Å²) in [4.78, 5) is 12.1. The summed E-state index contributed by atoms with van der Waals surface area (Å²) in [5.41, 5.74) is 0.716. The van der Waals surface area contributed by atoms with Crippen molar-refractivity contribution >= 4 is 27.3 Å². The van der Waals surface area contributed by atoms with Crippen molar-refractivity contribution in [3.8, 4) is 0 Å². The second-order valence-corrected chi connectivity index (χ2v) is 8.81. The van der Waals surface area contributed by atoms with Crippen LogP contribution in [0.2, 0.25) is 0 Å². The molecule has 0 aliphatic heterocycles. The topological polar surface area (TPSA) is 89.3 Å². The van der Waals surface area contributed by atoms with Gasteiger partial charge in [-0.15, -0.1) is 11.3 Å². The van der Waals surface area contributed by atoms with Gasteiger partial charge in [-0.25, -0.2) is 13.6 Å². The van der Waals surface area contributed by atoms with Gasteiger partial charge in [0, 0.05) is 11.4 Å². The monoisotopic (exact) mass is 316 g/mol. The molecule has 0 aromatic carbocycles. The number of carbonyl (C=O) groups excluding carboxylic acids is 1. The van der Waals surface area contributed by atoms with Crippen molar-refractivity contribution in [3.05, 3.63) is 17.0 Å². The number of hydrogen-bond donors (Lipinski definition) is 2. The molecule has 0 radical (unpaired) electrons. The van der Waals surface area contributed by atoms with Crippen molar-refractivity contribution in [1.82, 2.24) is 5.32 Å². The molecule has 0 unspecified atom stereocenters. The van der Waals surface area contributed by atoms with E-state index in [1.807, 2.05) is 0 Å². The minimum absolute atomic E-state index is 0.0208. The molecule has 1 amide bonds. The van der Waals surface area contributed by atoms with Gasteiger partial charge < -0.3 is 5.32 Å². The van der Waals surface area contributed by atoms with Crippen LogP contribution in [0.3, 0.4) is 0 Å². The maximum Gasteiger partial charge on any atom is 0.252 e. The summed E-state index contributed by atoms with van der Waals surface area (Å²) in [6.07, 6.45) is 4.10. The van der Waals surface area contributed by atoms with E-state index in [9.17, 15) is 13.2 Å². The number of thiophene rings is 1. The normalized spacial score (nSPS) is 19.8. The number of nitrogens with one attached hydrogen (secondary N) is 1. The second kappa shape index (κ2) is 5.46. The van der Waals surface area contributed by atoms with Gasteiger partial charge in [0.2, 0.25) is 10.0 Å². The standard InChI is InChI=1S/C13H20N2O3S2/c1-13(2)5-3-10(4-6-13)15-12(16)9-7-11(19-8-9)20(14,17)18/h7-8,10H,3-6H2,1-2H3,(H,15,16)(H2,14,17,18). The Bertz CT molecular complexity index is 595. The van der Waals surface area contributed by atoms with Crippen molar-refractivity contribution in [2.24, 2.45) is 10.6 Å². The van der Waals surface area contributed by atoms with Crippen molar-refractivity contribution in [3.63, 3.8) is 0 Å². The third kappa shape index (κ3) is 3.80. The van der Waals surface area contributed by atoms with Crippen LogP contribution in [0, 0.1) is 5.41 Å². The summed E-state index contributed by atoms with van der Waals surface area (Å²) >= 11 is 0.973. The first-order chi connectivity index (χ1) is 9.17. The summed E-state index contributed by atoms with van der Waals surface area (Å²) in [7, 11) is -3.73. The Balaban J connectivity index is 1.98. The molecule has 0 saturated heterocycles. The van der Waals surface area contributed by atoms with Gasteiger partial charge in [0.05, 0.1) is 5.56 Å². The molecular formula is C13H20N2O3S2. The smallest absolute Gasteiger partial charge is 0.252 e. The van der Waals surface area contributed by atoms with Crippen LogP contribution in [0.5, 0.6) is 0 Å². The zero-order valence-corrected chi connectivity index (χ0v) is 13.3. The second-order valence-electron chi connectivity index (χ2n) is 6.11. The molecule has 7 heteroatoms. The van der Waals surface area contributed by atoms with Gasteiger partial charge in [-0.2, -0.15) is 0 Å². The number of carbonyl (C=O) groups is 1. The van der Waals surface area contributed by atoms with E-state index in [1.165, 1.54) is 11.4 Å². The van der Waals surface area contributed by atoms with Gasteiger partial charge in [-0.3, -0.25) is 4.79 Å². The highest BCUT2D eigenvalue weighted by atomic mass is 32.2. The first kappa shape index (κ1) is 15.5. The lowest BCUT2D eigenvalue weighted by atomic mass is 9.75. The van der Waals surface area contributed by atoms with Crippen molar-refractivity contribution in [2.45, 2.75) is 49.8 Å². The summed E-state index contributed by atoms with van der Waals surface area (Å²) in [5.74, 6) is -0.221. The summed E-state index contributed by atoms with van der Waals surface area (Å²) < 4.78 is 22.4. The molecule has 1 aromatic heterocycles. The minimum atomic E-state index is -3.73. The molecule has 1 saturated carbocycles. The van der Waals surface area contributed by atoms with E-state index in [4.69, 9.17) is 5.14 Å². The summed E-state index contributed by atoms with van der Waals surface area (Å²) in [6.45, 7) is 4.48. The molecule has 1 heterocycles. The lowest BCUT2D eigenvalue weighted by molar-refractivity contribution is 0.0909. The molecule has 0 bridgehead atoms. The van der Waals surface area contributed by atoms with Crippen LogP contribution in [0.1, 0.15) is 49.9 Å². The molecule has 2 rings (SSSR count). The molecule has 20 heavy (non-hydrogen) atoms. The van der Waals surface area contributed by atoms with E-state index in [0.29, 0.717) is 11.0 Å². The van der Waals surface area contributed by atoms with E-state index in [-0.39, 0.29) is 16.2 Å². The van der Waals surface area contributed by atoms with Gasteiger partial charge >= 0.3 is 0 Å². The van der Waals surface area contributed by atoms with Crippen LogP contribution in [0.4, 0.5) is 0 Å². The highest BCUT2D eigenvalue weighted by molar-refractivity contribution is 7.91. The fraction of sp³-hybridized carbons (Fsp3) is 0.615. The Morgan fingerprint density at radius 3 is 2.50 bits per heavy atom. The molecule has 0 atom stereocenters. The lowest BCUT2D eigenvalue weighted by Gasteiger charge is -2.34. The SMILES string of the molecule is CC1(C)CCC(NC(=O)c2csc(S(N)(=O)=O)c2)CC1. The third-order valence-electron chi connectivity index (χ3n) is 3.79. The number of amides is 1. The van der Waals surface area contributed by atoms with Crippen LogP contribution < -0.4 is 10.5 Å². The summed E-state index contributed by atoms with van der Waals surface area (Å²) in [6, 6.07) is 1.51. The van der Waals surface area contributed by atoms with Crippen molar-refractivity contribution in [1.29, 1.82) is 0 Å². The van der Waals surface area contributed by atoms with E-state index in [1.54, 1.807) is 0 Å².